The number of hydrogen-bond acceptors (Lipinski definition) is 4. The molecule has 0 fully saturated rings. The molecule has 7 nitrogen and oxygen atoms in total. The molecule has 2 amide bonds. The molecule has 156 valence electrons. The Bertz CT molecular complexity index is 1040. The third-order valence-electron chi connectivity index (χ3n) is 4.51. The van der Waals surface area contributed by atoms with E-state index in [0.717, 1.165) is 0 Å². The van der Waals surface area contributed by atoms with Crippen LogP contribution in [-0.4, -0.2) is 34.2 Å². The SMILES string of the molecule is C=C(/C=C\C=C/C)Cn1nc(C(=O)N[C@H]2COc3ccccc3NC2=O)c(F)c1C. The fraction of sp³-hybridized carbons (Fsp3) is 0.227. The number of halogens is 1. The van der Waals surface area contributed by atoms with Crippen molar-refractivity contribution in [3.63, 3.8) is 0 Å². The normalized spacial score (nSPS) is 16.1. The lowest BCUT2D eigenvalue weighted by Crippen LogP contribution is -2.46. The summed E-state index contributed by atoms with van der Waals surface area (Å²) in [5.74, 6) is -1.49. The van der Waals surface area contributed by atoms with Crippen LogP contribution in [0.1, 0.15) is 23.1 Å². The van der Waals surface area contributed by atoms with Gasteiger partial charge in [0.2, 0.25) is 0 Å². The van der Waals surface area contributed by atoms with E-state index in [1.807, 2.05) is 25.2 Å². The molecule has 1 aliphatic heterocycles. The third-order valence-corrected chi connectivity index (χ3v) is 4.51. The zero-order valence-corrected chi connectivity index (χ0v) is 16.8. The van der Waals surface area contributed by atoms with Crippen molar-refractivity contribution >= 4 is 17.5 Å². The first kappa shape index (κ1) is 21.0. The van der Waals surface area contributed by atoms with Gasteiger partial charge in [-0.2, -0.15) is 5.10 Å². The molecule has 30 heavy (non-hydrogen) atoms. The molecule has 8 heteroatoms. The van der Waals surface area contributed by atoms with Gasteiger partial charge in [0, 0.05) is 0 Å². The number of allylic oxidation sites excluding steroid dienone is 5. The average Bonchev–Trinajstić information content (AvgIpc) is 2.90. The van der Waals surface area contributed by atoms with E-state index < -0.39 is 23.7 Å². The van der Waals surface area contributed by atoms with Crippen molar-refractivity contribution in [2.45, 2.75) is 26.4 Å². The summed E-state index contributed by atoms with van der Waals surface area (Å²) < 4.78 is 21.6. The Labute approximate surface area is 173 Å². The number of anilines is 1. The lowest BCUT2D eigenvalue weighted by molar-refractivity contribution is -0.118. The Morgan fingerprint density at radius 3 is 2.97 bits per heavy atom. The molecule has 1 atom stereocenters. The van der Waals surface area contributed by atoms with Gasteiger partial charge >= 0.3 is 0 Å². The second-order valence-corrected chi connectivity index (χ2v) is 6.77. The number of para-hydroxylation sites is 2. The molecule has 2 heterocycles. The van der Waals surface area contributed by atoms with E-state index in [1.54, 1.807) is 30.3 Å². The van der Waals surface area contributed by atoms with Crippen molar-refractivity contribution < 1.29 is 18.7 Å². The summed E-state index contributed by atoms with van der Waals surface area (Å²) in [6, 6.07) is 5.94. The van der Waals surface area contributed by atoms with E-state index in [4.69, 9.17) is 4.74 Å². The maximum atomic E-state index is 14.6. The zero-order valence-electron chi connectivity index (χ0n) is 16.8. The predicted molar refractivity (Wildman–Crippen MR) is 112 cm³/mol. The van der Waals surface area contributed by atoms with E-state index in [0.29, 0.717) is 17.0 Å². The van der Waals surface area contributed by atoms with Crippen molar-refractivity contribution in [3.8, 4) is 5.75 Å². The molecule has 0 unspecified atom stereocenters. The number of fused-ring (bicyclic) bond motifs is 1. The number of aromatic nitrogens is 2. The molecule has 0 bridgehead atoms. The van der Waals surface area contributed by atoms with E-state index in [-0.39, 0.29) is 24.5 Å². The highest BCUT2D eigenvalue weighted by molar-refractivity contribution is 6.01. The van der Waals surface area contributed by atoms with Crippen LogP contribution in [0.4, 0.5) is 10.1 Å². The van der Waals surface area contributed by atoms with Crippen LogP contribution < -0.4 is 15.4 Å². The fourth-order valence-corrected chi connectivity index (χ4v) is 2.87. The number of nitrogens with one attached hydrogen (secondary N) is 2. The molecular weight excluding hydrogens is 387 g/mol. The van der Waals surface area contributed by atoms with Crippen molar-refractivity contribution in [1.82, 2.24) is 15.1 Å². The summed E-state index contributed by atoms with van der Waals surface area (Å²) in [6.07, 6.45) is 7.31. The van der Waals surface area contributed by atoms with Gasteiger partial charge in [-0.15, -0.1) is 0 Å². The number of hydrogen-bond donors (Lipinski definition) is 2. The van der Waals surface area contributed by atoms with Crippen LogP contribution in [-0.2, 0) is 11.3 Å². The standard InChI is InChI=1S/C22H23FN4O3/c1-4-5-6-9-14(2)12-27-15(3)19(23)20(26-27)22(29)25-17-13-30-18-11-8-7-10-16(18)24-21(17)28/h4-11,17H,2,12-13H2,1,3H3,(H,24,28)(H,25,29)/b5-4-,9-6-/t17-/m0/s1. The van der Waals surface area contributed by atoms with Gasteiger partial charge in [0.25, 0.3) is 11.8 Å². The first-order chi connectivity index (χ1) is 14.4. The van der Waals surface area contributed by atoms with Gasteiger partial charge in [0.15, 0.2) is 11.5 Å². The first-order valence-electron chi connectivity index (χ1n) is 9.44. The minimum atomic E-state index is -0.992. The highest BCUT2D eigenvalue weighted by atomic mass is 19.1. The Kier molecular flexibility index (Phi) is 6.46. The van der Waals surface area contributed by atoms with E-state index >= 15 is 0 Å². The molecule has 1 aromatic heterocycles. The van der Waals surface area contributed by atoms with Gasteiger partial charge in [-0.25, -0.2) is 4.39 Å². The average molecular weight is 410 g/mol. The van der Waals surface area contributed by atoms with Crippen LogP contribution in [0.15, 0.2) is 60.7 Å². The summed E-state index contributed by atoms with van der Waals surface area (Å²) in [4.78, 5) is 25.0. The molecule has 2 aromatic rings. The van der Waals surface area contributed by atoms with Gasteiger partial charge in [-0.1, -0.05) is 43.0 Å². The number of nitrogens with zero attached hydrogens (tertiary/aromatic N) is 2. The van der Waals surface area contributed by atoms with Crippen LogP contribution in [0.25, 0.3) is 0 Å². The van der Waals surface area contributed by atoms with Crippen molar-refractivity contribution in [2.75, 3.05) is 11.9 Å². The number of rotatable bonds is 6. The predicted octanol–water partition coefficient (Wildman–Crippen LogP) is 3.15. The Balaban J connectivity index is 1.71. The smallest absolute Gasteiger partial charge is 0.275 e. The highest BCUT2D eigenvalue weighted by Gasteiger charge is 2.29. The van der Waals surface area contributed by atoms with Crippen molar-refractivity contribution in [3.05, 3.63) is 77.9 Å². The van der Waals surface area contributed by atoms with Crippen molar-refractivity contribution in [2.24, 2.45) is 0 Å². The van der Waals surface area contributed by atoms with Crippen LogP contribution in [0.2, 0.25) is 0 Å². The number of benzene rings is 1. The molecular formula is C22H23FN4O3. The third kappa shape index (κ3) is 4.65. The van der Waals surface area contributed by atoms with Gasteiger partial charge in [-0.05, 0) is 31.6 Å². The van der Waals surface area contributed by atoms with E-state index in [9.17, 15) is 14.0 Å². The highest BCUT2D eigenvalue weighted by Crippen LogP contribution is 2.26. The topological polar surface area (TPSA) is 85.2 Å². The number of carbonyl (C=O) groups excluding carboxylic acids is 2. The van der Waals surface area contributed by atoms with Gasteiger partial charge in [-0.3, -0.25) is 14.3 Å². The maximum absolute atomic E-state index is 14.6. The van der Waals surface area contributed by atoms with Crippen LogP contribution >= 0.6 is 0 Å². The Morgan fingerprint density at radius 1 is 1.43 bits per heavy atom. The monoisotopic (exact) mass is 410 g/mol. The summed E-state index contributed by atoms with van der Waals surface area (Å²) in [5.41, 5.74) is 1.03. The lowest BCUT2D eigenvalue weighted by Gasteiger charge is -2.13. The lowest BCUT2D eigenvalue weighted by atomic mass is 10.2. The zero-order chi connectivity index (χ0) is 21.7. The number of ether oxygens (including phenoxy) is 1. The van der Waals surface area contributed by atoms with Gasteiger partial charge < -0.3 is 15.4 Å². The molecule has 3 rings (SSSR count). The molecule has 0 aliphatic carbocycles. The second kappa shape index (κ2) is 9.21. The molecule has 0 saturated heterocycles. The van der Waals surface area contributed by atoms with Gasteiger partial charge in [0.1, 0.15) is 18.4 Å². The molecule has 1 aromatic carbocycles. The number of amides is 2. The molecule has 0 saturated carbocycles. The Morgan fingerprint density at radius 2 is 2.20 bits per heavy atom. The largest absolute Gasteiger partial charge is 0.489 e. The van der Waals surface area contributed by atoms with E-state index in [2.05, 4.69) is 22.3 Å². The van der Waals surface area contributed by atoms with Gasteiger partial charge in [0.05, 0.1) is 17.9 Å². The summed E-state index contributed by atoms with van der Waals surface area (Å²) in [5, 5.41) is 9.26. The fourth-order valence-electron chi connectivity index (χ4n) is 2.87. The van der Waals surface area contributed by atoms with Crippen LogP contribution in [0.5, 0.6) is 5.75 Å². The molecule has 2 N–H and O–H groups in total. The minimum Gasteiger partial charge on any atom is -0.489 e. The first-order valence-corrected chi connectivity index (χ1v) is 9.44. The minimum absolute atomic E-state index is 0.0809. The van der Waals surface area contributed by atoms with Crippen molar-refractivity contribution in [1.29, 1.82) is 0 Å². The molecule has 1 aliphatic rings. The maximum Gasteiger partial charge on any atom is 0.275 e. The Hall–Kier alpha value is -3.68. The van der Waals surface area contributed by atoms with Crippen LogP contribution in [0.3, 0.4) is 0 Å². The molecule has 0 spiro atoms. The summed E-state index contributed by atoms with van der Waals surface area (Å²) >= 11 is 0. The number of carbonyl (C=O) groups is 2. The van der Waals surface area contributed by atoms with Crippen LogP contribution in [0, 0.1) is 12.7 Å². The van der Waals surface area contributed by atoms with E-state index in [1.165, 1.54) is 11.6 Å². The summed E-state index contributed by atoms with van der Waals surface area (Å²) in [7, 11) is 0. The summed E-state index contributed by atoms with van der Waals surface area (Å²) in [6.45, 7) is 7.47. The molecule has 0 radical (unpaired) electrons. The second-order valence-electron chi connectivity index (χ2n) is 6.77. The quantitative estimate of drug-likeness (QED) is 0.717.